The van der Waals surface area contributed by atoms with Crippen LogP contribution in [0.2, 0.25) is 0 Å². The molecule has 1 aromatic heterocycles. The Morgan fingerprint density at radius 3 is 2.24 bits per heavy atom. The molecule has 0 amide bonds. The van der Waals surface area contributed by atoms with Crippen molar-refractivity contribution in [3.63, 3.8) is 0 Å². The lowest BCUT2D eigenvalue weighted by Gasteiger charge is -2.19. The fourth-order valence-corrected chi connectivity index (χ4v) is 5.68. The molecule has 0 saturated heterocycles. The summed E-state index contributed by atoms with van der Waals surface area (Å²) in [6.07, 6.45) is -6.06. The predicted molar refractivity (Wildman–Crippen MR) is 120 cm³/mol. The summed E-state index contributed by atoms with van der Waals surface area (Å²) >= 11 is 0. The summed E-state index contributed by atoms with van der Waals surface area (Å²) in [4.78, 5) is -0.0981. The van der Waals surface area contributed by atoms with Gasteiger partial charge in [0.2, 0.25) is 0 Å². The standard InChI is InChI=1S/C25H21F3NO3S/c1-15-8-7-9-16(2)23(15)24(30)22-14-20-17(3)12-18(25(26,27)28)13-21(20)29(22)33(31,32)19-10-5-4-6-11-19/h4-8,10-14,24,30H,1-3H3. The molecule has 3 aromatic carbocycles. The molecule has 171 valence electrons. The largest absolute Gasteiger partial charge is 0.416 e. The molecule has 1 unspecified atom stereocenters. The topological polar surface area (TPSA) is 59.3 Å². The van der Waals surface area contributed by atoms with Crippen molar-refractivity contribution in [2.24, 2.45) is 0 Å². The van der Waals surface area contributed by atoms with Crippen LogP contribution >= 0.6 is 0 Å². The van der Waals surface area contributed by atoms with Crippen molar-refractivity contribution in [3.8, 4) is 0 Å². The van der Waals surface area contributed by atoms with Crippen molar-refractivity contribution >= 4 is 20.9 Å². The van der Waals surface area contributed by atoms with E-state index in [9.17, 15) is 26.7 Å². The molecular weight excluding hydrogens is 451 g/mol. The smallest absolute Gasteiger partial charge is 0.382 e. The summed E-state index contributed by atoms with van der Waals surface area (Å²) in [5.41, 5.74) is 0.889. The van der Waals surface area contributed by atoms with Crippen LogP contribution in [0.4, 0.5) is 13.2 Å². The third-order valence-corrected chi connectivity index (χ3v) is 7.49. The van der Waals surface area contributed by atoms with Gasteiger partial charge in [-0.25, -0.2) is 12.4 Å². The Morgan fingerprint density at radius 1 is 0.970 bits per heavy atom. The minimum atomic E-state index is -4.66. The van der Waals surface area contributed by atoms with Gasteiger partial charge >= 0.3 is 6.18 Å². The van der Waals surface area contributed by atoms with Gasteiger partial charge in [-0.3, -0.25) is 0 Å². The molecule has 8 heteroatoms. The second kappa shape index (κ2) is 8.04. The maximum Gasteiger partial charge on any atom is 0.416 e. The molecule has 0 aliphatic carbocycles. The van der Waals surface area contributed by atoms with E-state index < -0.39 is 27.9 Å². The first kappa shape index (κ1) is 23.1. The molecular formula is C25H21F3NO3S. The van der Waals surface area contributed by atoms with Gasteiger partial charge in [0.05, 0.1) is 21.7 Å². The van der Waals surface area contributed by atoms with Gasteiger partial charge in [-0.05, 0) is 79.4 Å². The molecule has 0 aliphatic rings. The van der Waals surface area contributed by atoms with Gasteiger partial charge in [-0.2, -0.15) is 13.2 Å². The molecule has 1 heterocycles. The Kier molecular flexibility index (Phi) is 5.62. The number of rotatable bonds is 4. The van der Waals surface area contributed by atoms with Crippen molar-refractivity contribution in [3.05, 3.63) is 100 Å². The van der Waals surface area contributed by atoms with Crippen LogP contribution < -0.4 is 0 Å². The van der Waals surface area contributed by atoms with E-state index in [-0.39, 0.29) is 21.7 Å². The zero-order valence-electron chi connectivity index (χ0n) is 18.1. The molecule has 0 spiro atoms. The van der Waals surface area contributed by atoms with Gasteiger partial charge in [0, 0.05) is 5.39 Å². The highest BCUT2D eigenvalue weighted by Gasteiger charge is 2.34. The molecule has 4 nitrogen and oxygen atoms in total. The van der Waals surface area contributed by atoms with Crippen LogP contribution in [-0.2, 0) is 16.2 Å². The van der Waals surface area contributed by atoms with E-state index in [1.165, 1.54) is 37.3 Å². The maximum absolute atomic E-state index is 13.7. The van der Waals surface area contributed by atoms with E-state index in [0.29, 0.717) is 22.1 Å². The Morgan fingerprint density at radius 2 is 1.64 bits per heavy atom. The highest BCUT2D eigenvalue weighted by atomic mass is 32.2. The lowest BCUT2D eigenvalue weighted by Crippen LogP contribution is -2.19. The molecule has 33 heavy (non-hydrogen) atoms. The quantitative estimate of drug-likeness (QED) is 0.414. The molecule has 1 atom stereocenters. The molecule has 0 fully saturated rings. The van der Waals surface area contributed by atoms with Gasteiger partial charge in [-0.1, -0.05) is 30.3 Å². The Bertz CT molecular complexity index is 1440. The average Bonchev–Trinajstić information content (AvgIpc) is 3.14. The number of aromatic nitrogens is 1. The van der Waals surface area contributed by atoms with Crippen molar-refractivity contribution in [2.45, 2.75) is 37.9 Å². The minimum absolute atomic E-state index is 0.0397. The molecule has 0 aliphatic heterocycles. The fraction of sp³-hybridized carbons (Fsp3) is 0.200. The number of nitrogens with zero attached hydrogens (tertiary/aromatic N) is 1. The van der Waals surface area contributed by atoms with Crippen molar-refractivity contribution in [1.29, 1.82) is 0 Å². The molecule has 4 rings (SSSR count). The first-order valence-electron chi connectivity index (χ1n) is 10.1. The maximum atomic E-state index is 13.7. The lowest BCUT2D eigenvalue weighted by atomic mass is 9.96. The van der Waals surface area contributed by atoms with Crippen LogP contribution in [0.3, 0.4) is 0 Å². The van der Waals surface area contributed by atoms with E-state index in [4.69, 9.17) is 0 Å². The third kappa shape index (κ3) is 3.94. The van der Waals surface area contributed by atoms with Gasteiger partial charge in [-0.15, -0.1) is 0 Å². The van der Waals surface area contributed by atoms with Crippen LogP contribution in [0.1, 0.15) is 39.6 Å². The van der Waals surface area contributed by atoms with Crippen LogP contribution in [0, 0.1) is 26.8 Å². The predicted octanol–water partition coefficient (Wildman–Crippen LogP) is 5.70. The summed E-state index contributed by atoms with van der Waals surface area (Å²) in [6.45, 7) is 4.99. The zero-order valence-corrected chi connectivity index (χ0v) is 18.9. The second-order valence-corrected chi connectivity index (χ2v) is 9.76. The van der Waals surface area contributed by atoms with Gasteiger partial charge in [0.25, 0.3) is 10.0 Å². The van der Waals surface area contributed by atoms with Crippen LogP contribution in [-0.4, -0.2) is 17.5 Å². The number of aliphatic hydroxyl groups excluding tert-OH is 1. The number of benzene rings is 3. The van der Waals surface area contributed by atoms with E-state index in [2.05, 4.69) is 6.07 Å². The SMILES string of the molecule is Cc1[c]ccc(C)c1C(O)c1cc2c(C)cc(C(F)(F)F)cc2n1S(=O)(=O)c1ccccc1. The summed E-state index contributed by atoms with van der Waals surface area (Å²) in [6, 6.07) is 17.1. The number of halogens is 3. The lowest BCUT2D eigenvalue weighted by molar-refractivity contribution is -0.137. The fourth-order valence-electron chi connectivity index (χ4n) is 4.12. The molecule has 0 bridgehead atoms. The van der Waals surface area contributed by atoms with Crippen LogP contribution in [0.5, 0.6) is 0 Å². The van der Waals surface area contributed by atoms with Gasteiger partial charge in [0.1, 0.15) is 6.10 Å². The van der Waals surface area contributed by atoms with E-state index in [1.807, 2.05) is 0 Å². The van der Waals surface area contributed by atoms with Crippen molar-refractivity contribution in [2.75, 3.05) is 0 Å². The number of alkyl halides is 3. The Balaban J connectivity index is 2.11. The van der Waals surface area contributed by atoms with E-state index in [1.54, 1.807) is 32.0 Å². The van der Waals surface area contributed by atoms with Crippen LogP contribution in [0.25, 0.3) is 10.9 Å². The highest BCUT2D eigenvalue weighted by Crippen LogP contribution is 2.39. The summed E-state index contributed by atoms with van der Waals surface area (Å²) in [5.74, 6) is 0. The second-order valence-electron chi connectivity index (χ2n) is 7.98. The first-order chi connectivity index (χ1) is 15.4. The number of hydrogen-bond donors (Lipinski definition) is 1. The number of hydrogen-bond acceptors (Lipinski definition) is 3. The van der Waals surface area contributed by atoms with Crippen molar-refractivity contribution < 1.29 is 26.7 Å². The van der Waals surface area contributed by atoms with E-state index in [0.717, 1.165) is 16.1 Å². The Labute approximate surface area is 190 Å². The molecule has 4 aromatic rings. The molecule has 0 saturated carbocycles. The minimum Gasteiger partial charge on any atom is -0.382 e. The summed E-state index contributed by atoms with van der Waals surface area (Å²) in [5, 5.41) is 11.7. The average molecular weight is 473 g/mol. The number of aliphatic hydroxyl groups is 1. The van der Waals surface area contributed by atoms with E-state index >= 15 is 0 Å². The first-order valence-corrected chi connectivity index (χ1v) is 11.6. The van der Waals surface area contributed by atoms with Gasteiger partial charge < -0.3 is 5.11 Å². The normalized spacial score (nSPS) is 13.4. The Hall–Kier alpha value is -3.10. The van der Waals surface area contributed by atoms with Crippen molar-refractivity contribution in [1.82, 2.24) is 3.97 Å². The zero-order chi connectivity index (χ0) is 24.1. The molecule has 1 N–H and O–H groups in total. The highest BCUT2D eigenvalue weighted by molar-refractivity contribution is 7.90. The van der Waals surface area contributed by atoms with Crippen LogP contribution in [0.15, 0.2) is 65.6 Å². The summed E-state index contributed by atoms with van der Waals surface area (Å²) < 4.78 is 68.9. The van der Waals surface area contributed by atoms with Gasteiger partial charge in [0.15, 0.2) is 0 Å². The monoisotopic (exact) mass is 472 g/mol. The number of fused-ring (bicyclic) bond motifs is 1. The summed E-state index contributed by atoms with van der Waals surface area (Å²) in [7, 11) is -4.33. The number of aryl methyl sites for hydroxylation is 3. The third-order valence-electron chi connectivity index (χ3n) is 5.73. The molecule has 1 radical (unpaired) electrons.